The molecule has 128 valence electrons. The molecule has 0 aliphatic heterocycles. The van der Waals surface area contributed by atoms with E-state index in [-0.39, 0.29) is 29.6 Å². The molecule has 1 rings (SSSR count). The fraction of sp³-hybridized carbons (Fsp3) is 0.538. The van der Waals surface area contributed by atoms with Crippen LogP contribution in [0.3, 0.4) is 0 Å². The molecular weight excluding hydrogens is 322 g/mol. The lowest BCUT2D eigenvalue weighted by Crippen LogP contribution is -2.42. The zero-order valence-electron chi connectivity index (χ0n) is 12.5. The van der Waals surface area contributed by atoms with Gasteiger partial charge >= 0.3 is 5.97 Å². The van der Waals surface area contributed by atoms with Crippen LogP contribution in [0.2, 0.25) is 0 Å². The van der Waals surface area contributed by atoms with Crippen molar-refractivity contribution in [2.75, 3.05) is 12.3 Å². The number of aliphatic carboxylic acids is 1. The first kappa shape index (κ1) is 19.1. The molecule has 1 unspecified atom stereocenters. The molecule has 0 aromatic carbocycles. The molecule has 1 aromatic rings. The van der Waals surface area contributed by atoms with Gasteiger partial charge in [-0.3, -0.25) is 14.4 Å². The quantitative estimate of drug-likeness (QED) is 0.355. The minimum atomic E-state index is -1.18. The molecule has 1 heterocycles. The third-order valence-electron chi connectivity index (χ3n) is 2.93. The van der Waals surface area contributed by atoms with Gasteiger partial charge in [-0.05, 0) is 13.0 Å². The smallest absolute Gasteiger partial charge is 0.321 e. The van der Waals surface area contributed by atoms with Gasteiger partial charge in [-0.25, -0.2) is 4.98 Å². The average Bonchev–Trinajstić information content (AvgIpc) is 3.02. The second-order valence-corrected chi connectivity index (χ2v) is 5.89. The van der Waals surface area contributed by atoms with E-state index >= 15 is 0 Å². The topological polar surface area (TPSA) is 164 Å². The first-order valence-corrected chi connectivity index (χ1v) is 8.04. The van der Waals surface area contributed by atoms with Crippen molar-refractivity contribution in [1.82, 2.24) is 15.3 Å². The fourth-order valence-electron chi connectivity index (χ4n) is 1.68. The predicted molar refractivity (Wildman–Crippen MR) is 85.6 cm³/mol. The Kier molecular flexibility index (Phi) is 8.30. The number of rotatable bonds is 10. The number of imidazole rings is 1. The summed E-state index contributed by atoms with van der Waals surface area (Å²) in [6.45, 7) is 0.384. The Hall–Kier alpha value is -1.91. The summed E-state index contributed by atoms with van der Waals surface area (Å²) in [5.41, 5.74) is 11.4. The van der Waals surface area contributed by atoms with E-state index in [4.69, 9.17) is 16.6 Å². The SMILES string of the molecule is NCCCC(=O)N[C@@H](Cc1cnc[nH]1)C(=O)SCC(N)C(=O)O. The lowest BCUT2D eigenvalue weighted by Gasteiger charge is -2.17. The predicted octanol–water partition coefficient (Wildman–Crippen LogP) is -1.15. The van der Waals surface area contributed by atoms with Crippen molar-refractivity contribution in [3.8, 4) is 0 Å². The normalized spacial score (nSPS) is 13.3. The second kappa shape index (κ2) is 9.98. The lowest BCUT2D eigenvalue weighted by molar-refractivity contribution is -0.137. The number of carbonyl (C=O) groups excluding carboxylic acids is 2. The summed E-state index contributed by atoms with van der Waals surface area (Å²) in [5, 5.41) is 11.0. The van der Waals surface area contributed by atoms with Crippen molar-refractivity contribution in [2.45, 2.75) is 31.3 Å². The van der Waals surface area contributed by atoms with Crippen LogP contribution in [0, 0.1) is 0 Å². The molecule has 0 radical (unpaired) electrons. The van der Waals surface area contributed by atoms with Gasteiger partial charge in [-0.1, -0.05) is 11.8 Å². The van der Waals surface area contributed by atoms with Crippen molar-refractivity contribution in [1.29, 1.82) is 0 Å². The first-order valence-electron chi connectivity index (χ1n) is 7.05. The van der Waals surface area contributed by atoms with Gasteiger partial charge in [0.25, 0.3) is 0 Å². The largest absolute Gasteiger partial charge is 0.480 e. The summed E-state index contributed by atoms with van der Waals surface area (Å²) >= 11 is 0.790. The molecule has 7 N–H and O–H groups in total. The Balaban J connectivity index is 2.63. The molecule has 0 saturated heterocycles. The second-order valence-electron chi connectivity index (χ2n) is 4.87. The number of carboxylic acid groups (broad SMARTS) is 1. The highest BCUT2D eigenvalue weighted by Crippen LogP contribution is 2.11. The highest BCUT2D eigenvalue weighted by molar-refractivity contribution is 8.13. The molecule has 2 atom stereocenters. The Morgan fingerprint density at radius 1 is 1.43 bits per heavy atom. The van der Waals surface area contributed by atoms with Crippen molar-refractivity contribution < 1.29 is 19.5 Å². The van der Waals surface area contributed by atoms with E-state index in [1.54, 1.807) is 6.20 Å². The highest BCUT2D eigenvalue weighted by atomic mass is 32.2. The van der Waals surface area contributed by atoms with E-state index < -0.39 is 18.1 Å². The maximum absolute atomic E-state index is 12.2. The van der Waals surface area contributed by atoms with E-state index in [0.717, 1.165) is 11.8 Å². The zero-order valence-corrected chi connectivity index (χ0v) is 13.3. The minimum Gasteiger partial charge on any atom is -0.480 e. The number of carbonyl (C=O) groups is 3. The molecule has 1 aromatic heterocycles. The Bertz CT molecular complexity index is 522. The third kappa shape index (κ3) is 7.26. The molecule has 0 spiro atoms. The Morgan fingerprint density at radius 3 is 2.74 bits per heavy atom. The number of nitrogens with two attached hydrogens (primary N) is 2. The van der Waals surface area contributed by atoms with Gasteiger partial charge < -0.3 is 26.9 Å². The lowest BCUT2D eigenvalue weighted by atomic mass is 10.1. The van der Waals surface area contributed by atoms with E-state index in [1.165, 1.54) is 6.33 Å². The first-order chi connectivity index (χ1) is 10.9. The Morgan fingerprint density at radius 2 is 2.17 bits per heavy atom. The molecule has 23 heavy (non-hydrogen) atoms. The number of nitrogens with one attached hydrogen (secondary N) is 2. The number of thioether (sulfide) groups is 1. The van der Waals surface area contributed by atoms with Gasteiger partial charge in [0.2, 0.25) is 11.0 Å². The van der Waals surface area contributed by atoms with Gasteiger partial charge in [0, 0.05) is 30.5 Å². The van der Waals surface area contributed by atoms with E-state index in [2.05, 4.69) is 15.3 Å². The summed E-state index contributed by atoms with van der Waals surface area (Å²) in [6.07, 6.45) is 4.01. The number of amides is 1. The number of hydrogen-bond donors (Lipinski definition) is 5. The van der Waals surface area contributed by atoms with Crippen molar-refractivity contribution in [2.24, 2.45) is 11.5 Å². The molecule has 0 fully saturated rings. The van der Waals surface area contributed by atoms with Crippen molar-refractivity contribution >= 4 is 28.8 Å². The van der Waals surface area contributed by atoms with E-state index in [0.29, 0.717) is 18.7 Å². The molecule has 0 bridgehead atoms. The number of H-pyrrole nitrogens is 1. The van der Waals surface area contributed by atoms with Crippen LogP contribution in [0.25, 0.3) is 0 Å². The molecule has 0 saturated carbocycles. The maximum atomic E-state index is 12.2. The number of aromatic amines is 1. The van der Waals surface area contributed by atoms with Gasteiger partial charge in [-0.2, -0.15) is 0 Å². The minimum absolute atomic E-state index is 0.0632. The molecule has 1 amide bonds. The number of hydrogen-bond acceptors (Lipinski definition) is 7. The zero-order chi connectivity index (χ0) is 17.2. The van der Waals surface area contributed by atoms with Crippen LogP contribution in [0.15, 0.2) is 12.5 Å². The van der Waals surface area contributed by atoms with Gasteiger partial charge in [0.15, 0.2) is 0 Å². The summed E-state index contributed by atoms with van der Waals surface area (Å²) in [7, 11) is 0. The molecule has 0 aliphatic rings. The fourth-order valence-corrected chi connectivity index (χ4v) is 2.51. The monoisotopic (exact) mass is 343 g/mol. The van der Waals surface area contributed by atoms with Crippen LogP contribution in [0.5, 0.6) is 0 Å². The number of aromatic nitrogens is 2. The third-order valence-corrected chi connectivity index (χ3v) is 4.02. The maximum Gasteiger partial charge on any atom is 0.321 e. The summed E-state index contributed by atoms with van der Waals surface area (Å²) in [5.74, 6) is -1.52. The van der Waals surface area contributed by atoms with Gasteiger partial charge in [-0.15, -0.1) is 0 Å². The molecule has 10 heteroatoms. The molecule has 9 nitrogen and oxygen atoms in total. The van der Waals surface area contributed by atoms with Crippen LogP contribution < -0.4 is 16.8 Å². The Labute approximate surface area is 137 Å². The average molecular weight is 343 g/mol. The van der Waals surface area contributed by atoms with Crippen LogP contribution >= 0.6 is 11.8 Å². The standard InChI is InChI=1S/C13H21N5O4S/c14-3-1-2-11(19)18-10(4-8-5-16-7-17-8)13(22)23-6-9(15)12(20)21/h5,7,9-10H,1-4,6,14-15H2,(H,16,17)(H,18,19)(H,20,21)/t9?,10-/m0/s1. The van der Waals surface area contributed by atoms with Crippen LogP contribution in [-0.2, 0) is 20.8 Å². The summed E-state index contributed by atoms with van der Waals surface area (Å²) in [6, 6.07) is -1.92. The van der Waals surface area contributed by atoms with Crippen LogP contribution in [-0.4, -0.2) is 56.4 Å². The van der Waals surface area contributed by atoms with Crippen LogP contribution in [0.4, 0.5) is 0 Å². The van der Waals surface area contributed by atoms with E-state index in [1.807, 2.05) is 0 Å². The summed E-state index contributed by atoms with van der Waals surface area (Å²) < 4.78 is 0. The highest BCUT2D eigenvalue weighted by Gasteiger charge is 2.24. The van der Waals surface area contributed by atoms with Crippen molar-refractivity contribution in [3.05, 3.63) is 18.2 Å². The summed E-state index contributed by atoms with van der Waals surface area (Å²) in [4.78, 5) is 41.5. The number of nitrogens with zero attached hydrogens (tertiary/aromatic N) is 1. The van der Waals surface area contributed by atoms with Gasteiger partial charge in [0.05, 0.1) is 6.33 Å². The molecular formula is C13H21N5O4S. The number of carboxylic acids is 1. The van der Waals surface area contributed by atoms with E-state index in [9.17, 15) is 14.4 Å². The van der Waals surface area contributed by atoms with Crippen LogP contribution in [0.1, 0.15) is 18.5 Å². The van der Waals surface area contributed by atoms with Crippen molar-refractivity contribution in [3.63, 3.8) is 0 Å². The molecule has 0 aliphatic carbocycles. The van der Waals surface area contributed by atoms with Gasteiger partial charge in [0.1, 0.15) is 12.1 Å².